The molecular formula is C10H12Cl2O3. The first-order valence-electron chi connectivity index (χ1n) is 4.30. The Morgan fingerprint density at radius 2 is 1.60 bits per heavy atom. The molecule has 0 aliphatic heterocycles. The molecule has 0 aromatic heterocycles. The van der Waals surface area contributed by atoms with Gasteiger partial charge in [0.15, 0.2) is 6.29 Å². The predicted octanol–water partition coefficient (Wildman–Crippen LogP) is 2.99. The van der Waals surface area contributed by atoms with E-state index < -0.39 is 6.29 Å². The number of halogens is 2. The van der Waals surface area contributed by atoms with Crippen LogP contribution < -0.4 is 4.74 Å². The predicted molar refractivity (Wildman–Crippen MR) is 59.8 cm³/mol. The first-order valence-corrected chi connectivity index (χ1v) is 5.05. The molecule has 0 heterocycles. The highest BCUT2D eigenvalue weighted by atomic mass is 35.5. The second-order valence-electron chi connectivity index (χ2n) is 2.82. The first kappa shape index (κ1) is 12.6. The minimum absolute atomic E-state index is 0.281. The van der Waals surface area contributed by atoms with Gasteiger partial charge in [0, 0.05) is 24.3 Å². The monoisotopic (exact) mass is 250 g/mol. The van der Waals surface area contributed by atoms with E-state index in [1.165, 1.54) is 0 Å². The smallest absolute Gasteiger partial charge is 0.191 e. The molecule has 3 nitrogen and oxygen atoms in total. The topological polar surface area (TPSA) is 27.7 Å². The van der Waals surface area contributed by atoms with Crippen molar-refractivity contribution in [1.82, 2.24) is 0 Å². The summed E-state index contributed by atoms with van der Waals surface area (Å²) in [5.41, 5.74) is 0. The van der Waals surface area contributed by atoms with Crippen LogP contribution in [0.4, 0.5) is 0 Å². The molecule has 0 aliphatic carbocycles. The van der Waals surface area contributed by atoms with Crippen molar-refractivity contribution in [2.24, 2.45) is 0 Å². The molecule has 0 saturated heterocycles. The Kier molecular flexibility index (Phi) is 5.19. The average Bonchev–Trinajstić information content (AvgIpc) is 2.18. The van der Waals surface area contributed by atoms with E-state index in [4.69, 9.17) is 37.4 Å². The highest BCUT2D eigenvalue weighted by Gasteiger charge is 2.06. The zero-order valence-corrected chi connectivity index (χ0v) is 10.0. The Morgan fingerprint density at radius 1 is 1.07 bits per heavy atom. The normalized spacial score (nSPS) is 10.7. The standard InChI is InChI=1S/C10H12Cl2O3/c1-13-10(14-2)6-15-9-4-7(11)3-8(12)5-9/h3-5,10H,6H2,1-2H3. The van der Waals surface area contributed by atoms with E-state index in [0.29, 0.717) is 15.8 Å². The molecule has 0 radical (unpaired) electrons. The van der Waals surface area contributed by atoms with Crippen LogP contribution in [0.5, 0.6) is 5.75 Å². The van der Waals surface area contributed by atoms with E-state index in [-0.39, 0.29) is 6.61 Å². The van der Waals surface area contributed by atoms with Crippen LogP contribution in [0.2, 0.25) is 10.0 Å². The Bertz CT molecular complexity index is 293. The molecule has 0 atom stereocenters. The van der Waals surface area contributed by atoms with Crippen LogP contribution >= 0.6 is 23.2 Å². The van der Waals surface area contributed by atoms with E-state index in [2.05, 4.69) is 0 Å². The van der Waals surface area contributed by atoms with Gasteiger partial charge < -0.3 is 14.2 Å². The Balaban J connectivity index is 2.57. The average molecular weight is 251 g/mol. The molecule has 0 aliphatic rings. The van der Waals surface area contributed by atoms with Crippen molar-refractivity contribution < 1.29 is 14.2 Å². The van der Waals surface area contributed by atoms with Gasteiger partial charge in [0.25, 0.3) is 0 Å². The molecule has 0 saturated carbocycles. The molecule has 1 aromatic carbocycles. The minimum atomic E-state index is -0.400. The van der Waals surface area contributed by atoms with Crippen LogP contribution in [0.1, 0.15) is 0 Å². The van der Waals surface area contributed by atoms with E-state index in [1.54, 1.807) is 32.4 Å². The van der Waals surface area contributed by atoms with Gasteiger partial charge in [-0.2, -0.15) is 0 Å². The summed E-state index contributed by atoms with van der Waals surface area (Å²) in [6.45, 7) is 0.281. The third-order valence-electron chi connectivity index (χ3n) is 1.75. The number of ether oxygens (including phenoxy) is 3. The number of hydrogen-bond donors (Lipinski definition) is 0. The number of methoxy groups -OCH3 is 2. The van der Waals surface area contributed by atoms with Crippen molar-refractivity contribution in [2.45, 2.75) is 6.29 Å². The molecule has 0 spiro atoms. The van der Waals surface area contributed by atoms with E-state index >= 15 is 0 Å². The lowest BCUT2D eigenvalue weighted by molar-refractivity contribution is -0.121. The summed E-state index contributed by atoms with van der Waals surface area (Å²) in [6.07, 6.45) is -0.400. The van der Waals surface area contributed by atoms with Gasteiger partial charge in [0.05, 0.1) is 0 Å². The minimum Gasteiger partial charge on any atom is -0.488 e. The first-order chi connectivity index (χ1) is 7.15. The van der Waals surface area contributed by atoms with Crippen molar-refractivity contribution in [2.75, 3.05) is 20.8 Å². The maximum absolute atomic E-state index is 5.81. The highest BCUT2D eigenvalue weighted by molar-refractivity contribution is 6.34. The summed E-state index contributed by atoms with van der Waals surface area (Å²) in [7, 11) is 3.09. The molecule has 0 N–H and O–H groups in total. The molecular weight excluding hydrogens is 239 g/mol. The summed E-state index contributed by atoms with van der Waals surface area (Å²) in [5.74, 6) is 0.589. The van der Waals surface area contributed by atoms with Crippen LogP contribution in [0, 0.1) is 0 Å². The highest BCUT2D eigenvalue weighted by Crippen LogP contribution is 2.24. The molecule has 5 heteroatoms. The van der Waals surface area contributed by atoms with Crippen LogP contribution in [0.3, 0.4) is 0 Å². The number of rotatable bonds is 5. The van der Waals surface area contributed by atoms with Crippen LogP contribution in [-0.2, 0) is 9.47 Å². The fourth-order valence-corrected chi connectivity index (χ4v) is 1.51. The summed E-state index contributed by atoms with van der Waals surface area (Å²) < 4.78 is 15.3. The van der Waals surface area contributed by atoms with Gasteiger partial charge in [-0.3, -0.25) is 0 Å². The van der Waals surface area contributed by atoms with E-state index in [9.17, 15) is 0 Å². The maximum Gasteiger partial charge on any atom is 0.191 e. The second kappa shape index (κ2) is 6.18. The summed E-state index contributed by atoms with van der Waals surface area (Å²) in [6, 6.07) is 4.99. The van der Waals surface area contributed by atoms with Gasteiger partial charge in [-0.25, -0.2) is 0 Å². The van der Waals surface area contributed by atoms with Crippen molar-refractivity contribution in [3.63, 3.8) is 0 Å². The molecule has 84 valence electrons. The lowest BCUT2D eigenvalue weighted by Gasteiger charge is -2.14. The molecule has 1 aromatic rings. The van der Waals surface area contributed by atoms with Crippen molar-refractivity contribution in [3.05, 3.63) is 28.2 Å². The third kappa shape index (κ3) is 4.26. The molecule has 0 bridgehead atoms. The van der Waals surface area contributed by atoms with Gasteiger partial charge in [-0.05, 0) is 18.2 Å². The van der Waals surface area contributed by atoms with Gasteiger partial charge >= 0.3 is 0 Å². The summed E-state index contributed by atoms with van der Waals surface area (Å²) in [4.78, 5) is 0. The van der Waals surface area contributed by atoms with Gasteiger partial charge in [0.2, 0.25) is 0 Å². The third-order valence-corrected chi connectivity index (χ3v) is 2.18. The van der Waals surface area contributed by atoms with Crippen LogP contribution in [0.15, 0.2) is 18.2 Å². The molecule has 0 amide bonds. The maximum atomic E-state index is 5.81. The SMILES string of the molecule is COC(COc1cc(Cl)cc(Cl)c1)OC. The molecule has 0 fully saturated rings. The molecule has 15 heavy (non-hydrogen) atoms. The van der Waals surface area contributed by atoms with Crippen molar-refractivity contribution in [1.29, 1.82) is 0 Å². The Labute approximate surface area is 98.8 Å². The summed E-state index contributed by atoms with van der Waals surface area (Å²) in [5, 5.41) is 1.06. The lowest BCUT2D eigenvalue weighted by Crippen LogP contribution is -2.21. The quantitative estimate of drug-likeness (QED) is 0.753. The Hall–Kier alpha value is -0.480. The summed E-state index contributed by atoms with van der Waals surface area (Å²) >= 11 is 11.6. The van der Waals surface area contributed by atoms with Crippen LogP contribution in [0.25, 0.3) is 0 Å². The van der Waals surface area contributed by atoms with Crippen LogP contribution in [-0.4, -0.2) is 27.1 Å². The molecule has 1 rings (SSSR count). The van der Waals surface area contributed by atoms with Gasteiger partial charge in [-0.15, -0.1) is 0 Å². The fourth-order valence-electron chi connectivity index (χ4n) is 1.01. The fraction of sp³-hybridized carbons (Fsp3) is 0.400. The molecule has 0 unspecified atom stereocenters. The largest absolute Gasteiger partial charge is 0.488 e. The van der Waals surface area contributed by atoms with E-state index in [0.717, 1.165) is 0 Å². The zero-order chi connectivity index (χ0) is 11.3. The number of benzene rings is 1. The van der Waals surface area contributed by atoms with Crippen molar-refractivity contribution in [3.8, 4) is 5.75 Å². The lowest BCUT2D eigenvalue weighted by atomic mass is 10.3. The van der Waals surface area contributed by atoms with E-state index in [1.807, 2.05) is 0 Å². The number of hydrogen-bond acceptors (Lipinski definition) is 3. The Morgan fingerprint density at radius 3 is 2.07 bits per heavy atom. The second-order valence-corrected chi connectivity index (χ2v) is 3.69. The van der Waals surface area contributed by atoms with Crippen molar-refractivity contribution >= 4 is 23.2 Å². The van der Waals surface area contributed by atoms with Gasteiger partial charge in [0.1, 0.15) is 12.4 Å². The van der Waals surface area contributed by atoms with Gasteiger partial charge in [-0.1, -0.05) is 23.2 Å². The zero-order valence-electron chi connectivity index (χ0n) is 8.50.